The molecule has 3 aromatic rings. The van der Waals surface area contributed by atoms with Crippen molar-refractivity contribution in [2.24, 2.45) is 0 Å². The molecule has 2 amide bonds. The third-order valence-electron chi connectivity index (χ3n) is 5.67. The Balaban J connectivity index is 1.86. The molecule has 4 rings (SSSR count). The van der Waals surface area contributed by atoms with Gasteiger partial charge in [0, 0.05) is 5.56 Å². The van der Waals surface area contributed by atoms with Gasteiger partial charge in [-0.15, -0.1) is 6.58 Å². The highest BCUT2D eigenvalue weighted by molar-refractivity contribution is 7.81. The third-order valence-corrected chi connectivity index (χ3v) is 6.03. The van der Waals surface area contributed by atoms with Gasteiger partial charge in [-0.3, -0.25) is 19.4 Å². The number of carbonyl (C=O) groups is 3. The standard InChI is InChI=1S/C29H24N2O6S/c1-3-10-20-15-19(17-24(36-2)26(20)37-18-25(32)33)16-23-27(34)30(21-11-6-4-7-12-21)29(38)31(28(23)35)22-13-8-5-9-14-22/h3-9,11-17H,1,10,18H2,2H3,(H,32,33). The predicted molar refractivity (Wildman–Crippen MR) is 148 cm³/mol. The quantitative estimate of drug-likeness (QED) is 0.187. The molecule has 0 spiro atoms. The van der Waals surface area contributed by atoms with Crippen molar-refractivity contribution < 1.29 is 29.0 Å². The van der Waals surface area contributed by atoms with Crippen LogP contribution in [0.5, 0.6) is 11.5 Å². The number of hydrogen-bond acceptors (Lipinski definition) is 6. The smallest absolute Gasteiger partial charge is 0.341 e. The average Bonchev–Trinajstić information content (AvgIpc) is 2.91. The number of thiocarbonyl (C=S) groups is 1. The minimum atomic E-state index is -1.14. The van der Waals surface area contributed by atoms with Crippen molar-refractivity contribution in [1.82, 2.24) is 0 Å². The Hall–Kier alpha value is -4.76. The van der Waals surface area contributed by atoms with Gasteiger partial charge in [-0.1, -0.05) is 42.5 Å². The molecule has 9 heteroatoms. The lowest BCUT2D eigenvalue weighted by molar-refractivity contribution is -0.139. The fourth-order valence-corrected chi connectivity index (χ4v) is 4.41. The SMILES string of the molecule is C=CCc1cc(C=C2C(=O)N(c3ccccc3)C(=S)N(c3ccccc3)C2=O)cc(OC)c1OCC(=O)O. The van der Waals surface area contributed by atoms with E-state index in [1.54, 1.807) is 66.7 Å². The van der Waals surface area contributed by atoms with E-state index < -0.39 is 24.4 Å². The highest BCUT2D eigenvalue weighted by Gasteiger charge is 2.41. The molecule has 1 aliphatic rings. The van der Waals surface area contributed by atoms with Crippen LogP contribution in [-0.4, -0.2) is 41.7 Å². The number of benzene rings is 3. The molecule has 0 aliphatic carbocycles. The zero-order valence-electron chi connectivity index (χ0n) is 20.5. The fraction of sp³-hybridized carbons (Fsp3) is 0.103. The number of ether oxygens (including phenoxy) is 2. The largest absolute Gasteiger partial charge is 0.493 e. The molecule has 0 unspecified atom stereocenters. The predicted octanol–water partition coefficient (Wildman–Crippen LogP) is 4.64. The number of carboxylic acids is 1. The Morgan fingerprint density at radius 1 is 0.974 bits per heavy atom. The summed E-state index contributed by atoms with van der Waals surface area (Å²) in [5.41, 5.74) is 1.98. The van der Waals surface area contributed by atoms with E-state index in [4.69, 9.17) is 26.8 Å². The number of methoxy groups -OCH3 is 1. The van der Waals surface area contributed by atoms with Crippen molar-refractivity contribution in [3.05, 3.63) is 102 Å². The lowest BCUT2D eigenvalue weighted by atomic mass is 10.0. The lowest BCUT2D eigenvalue weighted by Crippen LogP contribution is -2.56. The summed E-state index contributed by atoms with van der Waals surface area (Å²) in [6.45, 7) is 3.19. The van der Waals surface area contributed by atoms with E-state index in [0.29, 0.717) is 28.9 Å². The summed E-state index contributed by atoms with van der Waals surface area (Å²) >= 11 is 5.63. The molecule has 38 heavy (non-hydrogen) atoms. The minimum Gasteiger partial charge on any atom is -0.493 e. The number of rotatable bonds is 9. The van der Waals surface area contributed by atoms with Crippen LogP contribution < -0.4 is 19.3 Å². The van der Waals surface area contributed by atoms with Crippen LogP contribution in [0, 0.1) is 0 Å². The summed E-state index contributed by atoms with van der Waals surface area (Å²) in [5, 5.41) is 9.10. The summed E-state index contributed by atoms with van der Waals surface area (Å²) in [6, 6.07) is 21.0. The van der Waals surface area contributed by atoms with Gasteiger partial charge in [0.2, 0.25) is 0 Å². The molecule has 0 saturated carbocycles. The highest BCUT2D eigenvalue weighted by Crippen LogP contribution is 2.36. The maximum absolute atomic E-state index is 13.7. The van der Waals surface area contributed by atoms with Crippen LogP contribution in [0.15, 0.2) is 91.0 Å². The topological polar surface area (TPSA) is 96.4 Å². The average molecular weight is 529 g/mol. The zero-order valence-corrected chi connectivity index (χ0v) is 21.3. The van der Waals surface area contributed by atoms with Gasteiger partial charge in [0.1, 0.15) is 5.57 Å². The number of carbonyl (C=O) groups excluding carboxylic acids is 2. The molecule has 1 aliphatic heterocycles. The molecule has 3 aromatic carbocycles. The molecule has 1 N–H and O–H groups in total. The van der Waals surface area contributed by atoms with Crippen LogP contribution in [0.4, 0.5) is 11.4 Å². The highest BCUT2D eigenvalue weighted by atomic mass is 32.1. The molecular formula is C29H24N2O6S. The Morgan fingerprint density at radius 3 is 2.00 bits per heavy atom. The fourth-order valence-electron chi connectivity index (χ4n) is 4.03. The summed E-state index contributed by atoms with van der Waals surface area (Å²) < 4.78 is 10.9. The molecule has 0 bridgehead atoms. The monoisotopic (exact) mass is 528 g/mol. The van der Waals surface area contributed by atoms with Crippen LogP contribution in [0.3, 0.4) is 0 Å². The van der Waals surface area contributed by atoms with Crippen molar-refractivity contribution >= 4 is 52.6 Å². The maximum atomic E-state index is 13.7. The van der Waals surface area contributed by atoms with Crippen molar-refractivity contribution in [3.8, 4) is 11.5 Å². The van der Waals surface area contributed by atoms with Crippen molar-refractivity contribution in [2.45, 2.75) is 6.42 Å². The van der Waals surface area contributed by atoms with Gasteiger partial charge < -0.3 is 14.6 Å². The third kappa shape index (κ3) is 5.33. The van der Waals surface area contributed by atoms with E-state index in [1.165, 1.54) is 23.0 Å². The molecule has 1 saturated heterocycles. The summed E-state index contributed by atoms with van der Waals surface area (Å²) in [6.07, 6.45) is 3.43. The van der Waals surface area contributed by atoms with E-state index in [-0.39, 0.29) is 22.2 Å². The number of anilines is 2. The van der Waals surface area contributed by atoms with E-state index >= 15 is 0 Å². The zero-order chi connectivity index (χ0) is 27.2. The first-order valence-corrected chi connectivity index (χ1v) is 12.0. The first-order chi connectivity index (χ1) is 18.3. The van der Waals surface area contributed by atoms with Gasteiger partial charge in [0.25, 0.3) is 11.8 Å². The van der Waals surface area contributed by atoms with Gasteiger partial charge >= 0.3 is 5.97 Å². The number of nitrogens with zero attached hydrogens (tertiary/aromatic N) is 2. The molecule has 1 heterocycles. The molecule has 0 radical (unpaired) electrons. The second-order valence-electron chi connectivity index (χ2n) is 8.18. The van der Waals surface area contributed by atoms with Crippen LogP contribution >= 0.6 is 12.2 Å². The Labute approximate surface area is 225 Å². The molecule has 192 valence electrons. The van der Waals surface area contributed by atoms with Gasteiger partial charge in [-0.25, -0.2) is 4.79 Å². The van der Waals surface area contributed by atoms with Crippen molar-refractivity contribution in [1.29, 1.82) is 0 Å². The Kier molecular flexibility index (Phi) is 7.98. The van der Waals surface area contributed by atoms with Crippen molar-refractivity contribution in [3.63, 3.8) is 0 Å². The second kappa shape index (κ2) is 11.5. The van der Waals surface area contributed by atoms with E-state index in [2.05, 4.69) is 6.58 Å². The van der Waals surface area contributed by atoms with Gasteiger partial charge in [-0.05, 0) is 66.7 Å². The number of carboxylic acid groups (broad SMARTS) is 1. The van der Waals surface area contributed by atoms with Crippen LogP contribution in [0.1, 0.15) is 11.1 Å². The van der Waals surface area contributed by atoms with E-state index in [0.717, 1.165) is 0 Å². The van der Waals surface area contributed by atoms with Crippen LogP contribution in [0.2, 0.25) is 0 Å². The van der Waals surface area contributed by atoms with Crippen LogP contribution in [0.25, 0.3) is 6.08 Å². The second-order valence-corrected chi connectivity index (χ2v) is 8.54. The first kappa shape index (κ1) is 26.3. The maximum Gasteiger partial charge on any atom is 0.341 e. The Bertz CT molecular complexity index is 1370. The number of para-hydroxylation sites is 2. The lowest BCUT2D eigenvalue weighted by Gasteiger charge is -2.36. The molecule has 0 atom stereocenters. The summed E-state index contributed by atoms with van der Waals surface area (Å²) in [7, 11) is 1.42. The van der Waals surface area contributed by atoms with Crippen LogP contribution in [-0.2, 0) is 20.8 Å². The normalized spacial score (nSPS) is 13.4. The molecular weight excluding hydrogens is 504 g/mol. The van der Waals surface area contributed by atoms with E-state index in [9.17, 15) is 14.4 Å². The number of allylic oxidation sites excluding steroid dienone is 1. The number of amides is 2. The van der Waals surface area contributed by atoms with E-state index in [1.807, 2.05) is 12.1 Å². The van der Waals surface area contributed by atoms with Gasteiger partial charge in [-0.2, -0.15) is 0 Å². The Morgan fingerprint density at radius 2 is 1.53 bits per heavy atom. The molecule has 0 aromatic heterocycles. The first-order valence-electron chi connectivity index (χ1n) is 11.6. The number of aliphatic carboxylic acids is 1. The van der Waals surface area contributed by atoms with Gasteiger partial charge in [0.15, 0.2) is 23.2 Å². The van der Waals surface area contributed by atoms with Crippen molar-refractivity contribution in [2.75, 3.05) is 23.5 Å². The van der Waals surface area contributed by atoms with Gasteiger partial charge in [0.05, 0.1) is 18.5 Å². The summed E-state index contributed by atoms with van der Waals surface area (Å²) in [5.74, 6) is -1.79. The molecule has 1 fully saturated rings. The number of hydrogen-bond donors (Lipinski definition) is 1. The minimum absolute atomic E-state index is 0.0388. The molecule has 8 nitrogen and oxygen atoms in total. The summed E-state index contributed by atoms with van der Waals surface area (Å²) in [4.78, 5) is 41.2.